The van der Waals surface area contributed by atoms with Crippen molar-refractivity contribution in [2.45, 2.75) is 45.8 Å². The molecular weight excluding hydrogens is 222 g/mol. The molecule has 0 unspecified atom stereocenters. The van der Waals surface area contributed by atoms with Gasteiger partial charge in [-0.25, -0.2) is 9.59 Å². The molecule has 0 aromatic carbocycles. The SMILES string of the molecule is [2H]C1=C(C)C[C@@H](C(=O)OC)N1C(=O)OC(C)(C)C. The molecule has 1 amide bonds. The van der Waals surface area contributed by atoms with E-state index >= 15 is 0 Å². The van der Waals surface area contributed by atoms with Gasteiger partial charge in [0.05, 0.1) is 8.48 Å². The van der Waals surface area contributed by atoms with Crippen LogP contribution in [-0.4, -0.2) is 35.7 Å². The van der Waals surface area contributed by atoms with Gasteiger partial charge in [-0.05, 0) is 27.7 Å². The zero-order chi connectivity index (χ0) is 14.1. The van der Waals surface area contributed by atoms with Gasteiger partial charge in [-0.1, -0.05) is 5.57 Å². The maximum absolute atomic E-state index is 12.0. The van der Waals surface area contributed by atoms with E-state index in [0.29, 0.717) is 12.0 Å². The van der Waals surface area contributed by atoms with Crippen LogP contribution in [0.1, 0.15) is 35.5 Å². The molecule has 0 aromatic rings. The maximum Gasteiger partial charge on any atom is 0.415 e. The second-order valence-corrected chi connectivity index (χ2v) is 4.99. The minimum absolute atomic E-state index is 0.0136. The van der Waals surface area contributed by atoms with Crippen LogP contribution in [0, 0.1) is 0 Å². The Bertz CT molecular complexity index is 397. The second-order valence-electron chi connectivity index (χ2n) is 4.99. The quantitative estimate of drug-likeness (QED) is 0.660. The number of nitrogens with zero attached hydrogens (tertiary/aromatic N) is 1. The lowest BCUT2D eigenvalue weighted by Crippen LogP contribution is -2.42. The summed E-state index contributed by atoms with van der Waals surface area (Å²) in [5, 5.41) is 0. The van der Waals surface area contributed by atoms with E-state index < -0.39 is 23.7 Å². The average Bonchev–Trinajstić information content (AvgIpc) is 2.52. The van der Waals surface area contributed by atoms with Gasteiger partial charge >= 0.3 is 12.1 Å². The molecule has 0 radical (unpaired) electrons. The summed E-state index contributed by atoms with van der Waals surface area (Å²) in [5.74, 6) is -0.539. The molecule has 0 aromatic heterocycles. The van der Waals surface area contributed by atoms with Crippen LogP contribution in [0.15, 0.2) is 11.7 Å². The lowest BCUT2D eigenvalue weighted by atomic mass is 10.1. The fourth-order valence-electron chi connectivity index (χ4n) is 1.52. The van der Waals surface area contributed by atoms with Crippen LogP contribution < -0.4 is 0 Å². The topological polar surface area (TPSA) is 55.8 Å². The minimum atomic E-state index is -0.794. The van der Waals surface area contributed by atoms with Gasteiger partial charge in [0.15, 0.2) is 0 Å². The molecule has 1 aliphatic rings. The number of ether oxygens (including phenoxy) is 2. The molecule has 17 heavy (non-hydrogen) atoms. The van der Waals surface area contributed by atoms with Crippen LogP contribution >= 0.6 is 0 Å². The molecule has 0 saturated heterocycles. The first-order valence-electron chi connectivity index (χ1n) is 5.93. The van der Waals surface area contributed by atoms with E-state index in [0.717, 1.165) is 4.90 Å². The van der Waals surface area contributed by atoms with Gasteiger partial charge in [-0.3, -0.25) is 4.90 Å². The molecule has 0 bridgehead atoms. The van der Waals surface area contributed by atoms with Crippen molar-refractivity contribution in [1.29, 1.82) is 0 Å². The summed E-state index contributed by atoms with van der Waals surface area (Å²) in [6.07, 6.45) is -0.371. The highest BCUT2D eigenvalue weighted by molar-refractivity contribution is 5.83. The van der Waals surface area contributed by atoms with E-state index in [9.17, 15) is 9.59 Å². The molecule has 0 N–H and O–H groups in total. The Morgan fingerprint density at radius 3 is 2.59 bits per heavy atom. The van der Waals surface area contributed by atoms with Crippen molar-refractivity contribution in [2.75, 3.05) is 7.11 Å². The fraction of sp³-hybridized carbons (Fsp3) is 0.667. The standard InChI is InChI=1S/C12H19NO4/c1-8-6-9(10(14)16-5)13(7-8)11(15)17-12(2,3)4/h7,9H,6H2,1-5H3/t9-/m0/s1/i7D. The Balaban J connectivity index is 2.94. The summed E-state index contributed by atoms with van der Waals surface area (Å²) in [4.78, 5) is 24.6. The summed E-state index contributed by atoms with van der Waals surface area (Å²) < 4.78 is 17.7. The van der Waals surface area contributed by atoms with Crippen LogP contribution in [0.2, 0.25) is 0 Å². The monoisotopic (exact) mass is 242 g/mol. The zero-order valence-corrected chi connectivity index (χ0v) is 10.9. The van der Waals surface area contributed by atoms with Crippen molar-refractivity contribution in [1.82, 2.24) is 4.90 Å². The zero-order valence-electron chi connectivity index (χ0n) is 11.9. The van der Waals surface area contributed by atoms with Crippen LogP contribution in [-0.2, 0) is 14.3 Å². The summed E-state index contributed by atoms with van der Waals surface area (Å²) >= 11 is 0. The third-order valence-electron chi connectivity index (χ3n) is 2.19. The first-order valence-corrected chi connectivity index (χ1v) is 5.43. The molecule has 0 aliphatic carbocycles. The van der Waals surface area contributed by atoms with Gasteiger partial charge in [0, 0.05) is 12.6 Å². The van der Waals surface area contributed by atoms with Gasteiger partial charge < -0.3 is 9.47 Å². The van der Waals surface area contributed by atoms with Crippen LogP contribution in [0.25, 0.3) is 0 Å². The number of carbonyl (C=O) groups is 2. The van der Waals surface area contributed by atoms with E-state index in [1.54, 1.807) is 27.7 Å². The highest BCUT2D eigenvalue weighted by Crippen LogP contribution is 2.24. The van der Waals surface area contributed by atoms with E-state index in [1.165, 1.54) is 7.11 Å². The number of carbonyl (C=O) groups excluding carboxylic acids is 2. The number of esters is 1. The number of rotatable bonds is 1. The molecule has 1 aliphatic heterocycles. The molecule has 5 nitrogen and oxygen atoms in total. The summed E-state index contributed by atoms with van der Waals surface area (Å²) in [5.41, 5.74) is -0.00889. The molecule has 1 heterocycles. The predicted molar refractivity (Wildman–Crippen MR) is 62.3 cm³/mol. The van der Waals surface area contributed by atoms with E-state index in [1.807, 2.05) is 0 Å². The lowest BCUT2D eigenvalue weighted by molar-refractivity contribution is -0.145. The molecular formula is C12H19NO4. The number of amides is 1. The van der Waals surface area contributed by atoms with Crippen molar-refractivity contribution in [2.24, 2.45) is 0 Å². The summed E-state index contributed by atoms with van der Waals surface area (Å²) in [6.45, 7) is 6.90. The molecule has 96 valence electrons. The number of hydrogen-bond acceptors (Lipinski definition) is 4. The predicted octanol–water partition coefficient (Wildman–Crippen LogP) is 2.07. The van der Waals surface area contributed by atoms with E-state index in [-0.39, 0.29) is 6.18 Å². The molecule has 1 atom stereocenters. The fourth-order valence-corrected chi connectivity index (χ4v) is 1.52. The summed E-state index contributed by atoms with van der Waals surface area (Å²) in [7, 11) is 1.26. The highest BCUT2D eigenvalue weighted by Gasteiger charge is 2.36. The number of hydrogen-bond donors (Lipinski definition) is 0. The number of methoxy groups -OCH3 is 1. The van der Waals surface area contributed by atoms with Crippen LogP contribution in [0.5, 0.6) is 0 Å². The second kappa shape index (κ2) is 4.77. The Hall–Kier alpha value is -1.52. The van der Waals surface area contributed by atoms with Gasteiger partial charge in [-0.15, -0.1) is 0 Å². The Morgan fingerprint density at radius 2 is 2.12 bits per heavy atom. The van der Waals surface area contributed by atoms with Gasteiger partial charge in [0.2, 0.25) is 0 Å². The molecule has 1 rings (SSSR count). The van der Waals surface area contributed by atoms with E-state index in [4.69, 9.17) is 6.11 Å². The Morgan fingerprint density at radius 1 is 1.53 bits per heavy atom. The van der Waals surface area contributed by atoms with Crippen molar-refractivity contribution >= 4 is 12.1 Å². The summed E-state index contributed by atoms with van der Waals surface area (Å²) in [6, 6.07) is -0.794. The van der Waals surface area contributed by atoms with E-state index in [2.05, 4.69) is 4.74 Å². The van der Waals surface area contributed by atoms with Crippen LogP contribution in [0.4, 0.5) is 4.79 Å². The largest absolute Gasteiger partial charge is 0.467 e. The third-order valence-corrected chi connectivity index (χ3v) is 2.19. The molecule has 0 fully saturated rings. The molecule has 0 saturated carbocycles. The van der Waals surface area contributed by atoms with Crippen molar-refractivity contribution in [3.8, 4) is 0 Å². The smallest absolute Gasteiger partial charge is 0.415 e. The van der Waals surface area contributed by atoms with Crippen molar-refractivity contribution < 1.29 is 20.4 Å². The average molecular weight is 242 g/mol. The first kappa shape index (κ1) is 12.0. The van der Waals surface area contributed by atoms with Gasteiger partial charge in [-0.2, -0.15) is 0 Å². The first-order chi connectivity index (χ1) is 8.17. The molecule has 0 spiro atoms. The molecule has 5 heteroatoms. The van der Waals surface area contributed by atoms with Crippen molar-refractivity contribution in [3.63, 3.8) is 0 Å². The minimum Gasteiger partial charge on any atom is -0.467 e. The van der Waals surface area contributed by atoms with Crippen molar-refractivity contribution in [3.05, 3.63) is 11.7 Å². The maximum atomic E-state index is 12.0. The van der Waals surface area contributed by atoms with Gasteiger partial charge in [0.1, 0.15) is 11.6 Å². The Kier molecular flexibility index (Phi) is 3.36. The normalized spacial score (nSPS) is 21.4. The van der Waals surface area contributed by atoms with Gasteiger partial charge in [0.25, 0.3) is 0 Å². The Labute approximate surface area is 103 Å². The lowest BCUT2D eigenvalue weighted by Gasteiger charge is -2.26. The highest BCUT2D eigenvalue weighted by atomic mass is 16.6. The van der Waals surface area contributed by atoms with Crippen LogP contribution in [0.3, 0.4) is 0 Å². The third kappa shape index (κ3) is 3.47.